The summed E-state index contributed by atoms with van der Waals surface area (Å²) in [6.07, 6.45) is 2.44. The molecule has 0 spiro atoms. The Kier molecular flexibility index (Phi) is 4.84. The number of anilines is 1. The van der Waals surface area contributed by atoms with Crippen molar-refractivity contribution in [2.75, 3.05) is 11.4 Å². The van der Waals surface area contributed by atoms with Crippen molar-refractivity contribution in [2.24, 2.45) is 5.73 Å². The van der Waals surface area contributed by atoms with Gasteiger partial charge in [-0.2, -0.15) is 0 Å². The average molecular weight is 349 g/mol. The first-order valence-corrected chi connectivity index (χ1v) is 8.23. The molecule has 6 nitrogen and oxygen atoms in total. The number of rotatable bonds is 6. The summed E-state index contributed by atoms with van der Waals surface area (Å²) < 4.78 is 0. The predicted molar refractivity (Wildman–Crippen MR) is 100 cm³/mol. The Morgan fingerprint density at radius 3 is 2.35 bits per heavy atom. The van der Waals surface area contributed by atoms with Crippen LogP contribution < -0.4 is 10.6 Å². The highest BCUT2D eigenvalue weighted by Gasteiger charge is 2.26. The van der Waals surface area contributed by atoms with Crippen LogP contribution in [0.3, 0.4) is 0 Å². The van der Waals surface area contributed by atoms with Gasteiger partial charge in [-0.3, -0.25) is 15.0 Å². The third-order valence-electron chi connectivity index (χ3n) is 4.34. The molecule has 1 amide bonds. The molecule has 2 aromatic rings. The van der Waals surface area contributed by atoms with E-state index in [1.165, 1.54) is 0 Å². The highest BCUT2D eigenvalue weighted by Crippen LogP contribution is 2.27. The van der Waals surface area contributed by atoms with Crippen molar-refractivity contribution in [1.82, 2.24) is 0 Å². The van der Waals surface area contributed by atoms with Gasteiger partial charge in [0.05, 0.1) is 0 Å². The molecule has 0 fully saturated rings. The van der Waals surface area contributed by atoms with Crippen molar-refractivity contribution < 1.29 is 14.7 Å². The van der Waals surface area contributed by atoms with E-state index in [0.717, 1.165) is 16.8 Å². The van der Waals surface area contributed by atoms with Gasteiger partial charge in [0.2, 0.25) is 0 Å². The summed E-state index contributed by atoms with van der Waals surface area (Å²) >= 11 is 0. The molecule has 1 aliphatic rings. The number of amides is 1. The number of carbonyl (C=O) groups is 2. The van der Waals surface area contributed by atoms with Gasteiger partial charge in [0.25, 0.3) is 5.91 Å². The minimum Gasteiger partial charge on any atom is -0.481 e. The van der Waals surface area contributed by atoms with Gasteiger partial charge in [0.1, 0.15) is 5.84 Å². The van der Waals surface area contributed by atoms with Gasteiger partial charge in [-0.25, -0.2) is 0 Å². The molecule has 0 aliphatic carbocycles. The van der Waals surface area contributed by atoms with Crippen LogP contribution in [0.2, 0.25) is 0 Å². The number of benzene rings is 2. The van der Waals surface area contributed by atoms with E-state index >= 15 is 0 Å². The van der Waals surface area contributed by atoms with E-state index < -0.39 is 5.97 Å². The fourth-order valence-corrected chi connectivity index (χ4v) is 2.89. The van der Waals surface area contributed by atoms with Crippen LogP contribution in [-0.2, 0) is 16.0 Å². The van der Waals surface area contributed by atoms with Crippen molar-refractivity contribution in [3.63, 3.8) is 0 Å². The zero-order valence-electron chi connectivity index (χ0n) is 14.1. The molecule has 0 saturated carbocycles. The van der Waals surface area contributed by atoms with Gasteiger partial charge in [-0.05, 0) is 41.8 Å². The molecule has 2 aromatic carbocycles. The number of hydrogen-bond donors (Lipinski definition) is 3. The van der Waals surface area contributed by atoms with Crippen LogP contribution in [0.1, 0.15) is 23.1 Å². The Morgan fingerprint density at radius 1 is 1.12 bits per heavy atom. The van der Waals surface area contributed by atoms with Crippen molar-refractivity contribution in [3.8, 4) is 0 Å². The van der Waals surface area contributed by atoms with Crippen LogP contribution in [0.5, 0.6) is 0 Å². The van der Waals surface area contributed by atoms with Crippen molar-refractivity contribution >= 4 is 29.0 Å². The summed E-state index contributed by atoms with van der Waals surface area (Å²) in [5.41, 5.74) is 9.20. The number of aliphatic carboxylic acids is 1. The van der Waals surface area contributed by atoms with Gasteiger partial charge in [-0.15, -0.1) is 0 Å². The Labute approximate surface area is 151 Å². The number of carboxylic acids is 1. The zero-order valence-corrected chi connectivity index (χ0v) is 14.1. The lowest BCUT2D eigenvalue weighted by atomic mass is 10.0. The largest absolute Gasteiger partial charge is 0.481 e. The number of nitrogens with two attached hydrogens (primary N) is 1. The molecule has 0 bridgehead atoms. The third-order valence-corrected chi connectivity index (χ3v) is 4.34. The SMILES string of the molecule is N=C(N)c1ccc(N2CC=C(c3ccc(CCC(=O)O)cc3)C2=O)cc1. The molecule has 26 heavy (non-hydrogen) atoms. The lowest BCUT2D eigenvalue weighted by Crippen LogP contribution is -2.26. The van der Waals surface area contributed by atoms with Gasteiger partial charge < -0.3 is 15.7 Å². The van der Waals surface area contributed by atoms with E-state index in [2.05, 4.69) is 0 Å². The smallest absolute Gasteiger partial charge is 0.303 e. The molecule has 0 atom stereocenters. The fourth-order valence-electron chi connectivity index (χ4n) is 2.89. The zero-order chi connectivity index (χ0) is 18.7. The quantitative estimate of drug-likeness (QED) is 0.550. The van der Waals surface area contributed by atoms with Crippen LogP contribution in [0.15, 0.2) is 54.6 Å². The summed E-state index contributed by atoms with van der Waals surface area (Å²) in [7, 11) is 0. The van der Waals surface area contributed by atoms with E-state index in [-0.39, 0.29) is 18.2 Å². The summed E-state index contributed by atoms with van der Waals surface area (Å²) in [5, 5.41) is 16.2. The van der Waals surface area contributed by atoms with Crippen LogP contribution in [0.25, 0.3) is 5.57 Å². The Bertz CT molecular complexity index is 884. The van der Waals surface area contributed by atoms with Crippen molar-refractivity contribution in [3.05, 3.63) is 71.3 Å². The molecule has 3 rings (SSSR count). The molecule has 1 heterocycles. The molecule has 0 unspecified atom stereocenters. The molecular weight excluding hydrogens is 330 g/mol. The Hall–Kier alpha value is -3.41. The number of nitrogens with zero attached hydrogens (tertiary/aromatic N) is 1. The van der Waals surface area contributed by atoms with E-state index in [0.29, 0.717) is 24.1 Å². The van der Waals surface area contributed by atoms with E-state index in [1.54, 1.807) is 29.2 Å². The number of aryl methyl sites for hydroxylation is 1. The average Bonchev–Trinajstić information content (AvgIpc) is 3.02. The number of nitrogens with one attached hydrogen (secondary N) is 1. The van der Waals surface area contributed by atoms with Crippen LogP contribution in [-0.4, -0.2) is 29.4 Å². The maximum absolute atomic E-state index is 12.7. The maximum Gasteiger partial charge on any atom is 0.303 e. The Balaban J connectivity index is 1.72. The molecule has 0 saturated heterocycles. The molecule has 0 aromatic heterocycles. The molecular formula is C20H19N3O3. The second-order valence-corrected chi connectivity index (χ2v) is 6.08. The summed E-state index contributed by atoms with van der Waals surface area (Å²) in [4.78, 5) is 25.0. The number of carbonyl (C=O) groups excluding carboxylic acids is 1. The van der Waals surface area contributed by atoms with Crippen molar-refractivity contribution in [1.29, 1.82) is 5.41 Å². The summed E-state index contributed by atoms with van der Waals surface area (Å²) in [6, 6.07) is 14.4. The molecule has 0 radical (unpaired) electrons. The highest BCUT2D eigenvalue weighted by atomic mass is 16.4. The minimum absolute atomic E-state index is 0.00824. The lowest BCUT2D eigenvalue weighted by Gasteiger charge is -2.17. The summed E-state index contributed by atoms with van der Waals surface area (Å²) in [6.45, 7) is 0.481. The van der Waals surface area contributed by atoms with Crippen LogP contribution in [0.4, 0.5) is 5.69 Å². The summed E-state index contributed by atoms with van der Waals surface area (Å²) in [5.74, 6) is -0.917. The number of amidine groups is 1. The standard InChI is InChI=1S/C20H19N3O3/c21-19(22)15-6-8-16(9-7-15)23-12-11-17(20(23)26)14-4-1-13(2-5-14)3-10-18(24)25/h1-2,4-9,11H,3,10,12H2,(H3,21,22)(H,24,25). The number of carboxylic acid groups (broad SMARTS) is 1. The Morgan fingerprint density at radius 2 is 1.77 bits per heavy atom. The van der Waals surface area contributed by atoms with Crippen molar-refractivity contribution in [2.45, 2.75) is 12.8 Å². The van der Waals surface area contributed by atoms with Gasteiger partial charge in [0, 0.05) is 29.8 Å². The first-order chi connectivity index (χ1) is 12.5. The first kappa shape index (κ1) is 17.4. The number of nitrogen functional groups attached to an aromatic ring is 1. The molecule has 1 aliphatic heterocycles. The second-order valence-electron chi connectivity index (χ2n) is 6.08. The van der Waals surface area contributed by atoms with Crippen LogP contribution >= 0.6 is 0 Å². The lowest BCUT2D eigenvalue weighted by molar-refractivity contribution is -0.137. The van der Waals surface area contributed by atoms with Gasteiger partial charge in [-0.1, -0.05) is 30.3 Å². The molecule has 6 heteroatoms. The van der Waals surface area contributed by atoms with Crippen LogP contribution in [0, 0.1) is 5.41 Å². The monoisotopic (exact) mass is 349 g/mol. The number of hydrogen-bond acceptors (Lipinski definition) is 3. The van der Waals surface area contributed by atoms with E-state index in [1.807, 2.05) is 30.3 Å². The first-order valence-electron chi connectivity index (χ1n) is 8.23. The predicted octanol–water partition coefficient (Wildman–Crippen LogP) is 2.42. The third kappa shape index (κ3) is 3.64. The van der Waals surface area contributed by atoms with E-state index in [9.17, 15) is 9.59 Å². The molecule has 4 N–H and O–H groups in total. The highest BCUT2D eigenvalue weighted by molar-refractivity contribution is 6.28. The minimum atomic E-state index is -0.825. The van der Waals surface area contributed by atoms with Gasteiger partial charge >= 0.3 is 5.97 Å². The topological polar surface area (TPSA) is 107 Å². The molecule has 132 valence electrons. The van der Waals surface area contributed by atoms with E-state index in [4.69, 9.17) is 16.2 Å². The normalized spacial score (nSPS) is 13.6. The van der Waals surface area contributed by atoms with Gasteiger partial charge in [0.15, 0.2) is 0 Å². The maximum atomic E-state index is 12.7. The second kappa shape index (κ2) is 7.23. The fraction of sp³-hybridized carbons (Fsp3) is 0.150.